The SMILES string of the molecule is COCC1=CCN(C(=O)c2c(Cl)ccnc2Br)CC1. The molecule has 0 fully saturated rings. The summed E-state index contributed by atoms with van der Waals surface area (Å²) in [7, 11) is 1.67. The van der Waals surface area contributed by atoms with Crippen molar-refractivity contribution in [3.63, 3.8) is 0 Å². The van der Waals surface area contributed by atoms with E-state index in [4.69, 9.17) is 16.3 Å². The molecule has 1 aliphatic rings. The first-order valence-electron chi connectivity index (χ1n) is 5.89. The van der Waals surface area contributed by atoms with E-state index in [0.717, 1.165) is 6.42 Å². The number of nitrogens with zero attached hydrogens (tertiary/aromatic N) is 2. The van der Waals surface area contributed by atoms with Crippen molar-refractivity contribution in [3.05, 3.63) is 39.1 Å². The van der Waals surface area contributed by atoms with E-state index < -0.39 is 0 Å². The van der Waals surface area contributed by atoms with Crippen molar-refractivity contribution in [1.82, 2.24) is 9.88 Å². The Hall–Kier alpha value is -0.910. The molecule has 1 amide bonds. The van der Waals surface area contributed by atoms with Crippen molar-refractivity contribution in [2.24, 2.45) is 0 Å². The smallest absolute Gasteiger partial charge is 0.258 e. The van der Waals surface area contributed by atoms with Crippen LogP contribution in [-0.4, -0.2) is 42.6 Å². The summed E-state index contributed by atoms with van der Waals surface area (Å²) in [6, 6.07) is 1.62. The van der Waals surface area contributed by atoms with Gasteiger partial charge < -0.3 is 9.64 Å². The van der Waals surface area contributed by atoms with E-state index in [-0.39, 0.29) is 5.91 Å². The number of aromatic nitrogens is 1. The molecule has 0 saturated heterocycles. The first-order valence-corrected chi connectivity index (χ1v) is 7.06. The van der Waals surface area contributed by atoms with Gasteiger partial charge in [-0.05, 0) is 34.0 Å². The Morgan fingerprint density at radius 2 is 2.42 bits per heavy atom. The third kappa shape index (κ3) is 3.35. The molecule has 0 saturated carbocycles. The fourth-order valence-corrected chi connectivity index (χ4v) is 2.82. The summed E-state index contributed by atoms with van der Waals surface area (Å²) in [4.78, 5) is 18.2. The molecule has 1 aromatic rings. The highest BCUT2D eigenvalue weighted by Crippen LogP contribution is 2.25. The number of ether oxygens (including phenoxy) is 1. The Labute approximate surface area is 125 Å². The zero-order valence-corrected chi connectivity index (χ0v) is 12.9. The molecule has 2 heterocycles. The summed E-state index contributed by atoms with van der Waals surface area (Å²) in [5.74, 6) is -0.0994. The maximum atomic E-state index is 12.4. The summed E-state index contributed by atoms with van der Waals surface area (Å²) >= 11 is 9.34. The second-order valence-corrected chi connectivity index (χ2v) is 5.41. The van der Waals surface area contributed by atoms with Crippen LogP contribution in [0.15, 0.2) is 28.5 Å². The molecular weight excluding hydrogens is 332 g/mol. The van der Waals surface area contributed by atoms with Crippen LogP contribution in [-0.2, 0) is 4.74 Å². The molecule has 0 bridgehead atoms. The van der Waals surface area contributed by atoms with Crippen molar-refractivity contribution in [2.75, 3.05) is 26.8 Å². The van der Waals surface area contributed by atoms with E-state index in [9.17, 15) is 4.79 Å². The van der Waals surface area contributed by atoms with Crippen molar-refractivity contribution in [3.8, 4) is 0 Å². The van der Waals surface area contributed by atoms with Gasteiger partial charge in [-0.1, -0.05) is 17.7 Å². The molecule has 19 heavy (non-hydrogen) atoms. The Morgan fingerprint density at radius 3 is 3.00 bits per heavy atom. The number of carbonyl (C=O) groups excluding carboxylic acids is 1. The summed E-state index contributed by atoms with van der Waals surface area (Å²) in [5.41, 5.74) is 1.65. The largest absolute Gasteiger partial charge is 0.380 e. The Kier molecular flexibility index (Phi) is 4.96. The summed E-state index contributed by atoms with van der Waals surface area (Å²) < 4.78 is 5.57. The summed E-state index contributed by atoms with van der Waals surface area (Å²) in [6.45, 7) is 1.88. The number of methoxy groups -OCH3 is 1. The molecule has 2 rings (SSSR count). The lowest BCUT2D eigenvalue weighted by Gasteiger charge is -2.26. The number of rotatable bonds is 3. The minimum atomic E-state index is -0.0994. The zero-order chi connectivity index (χ0) is 13.8. The van der Waals surface area contributed by atoms with Gasteiger partial charge in [0.05, 0.1) is 17.2 Å². The highest BCUT2D eigenvalue weighted by molar-refractivity contribution is 9.10. The Morgan fingerprint density at radius 1 is 1.63 bits per heavy atom. The van der Waals surface area contributed by atoms with Crippen molar-refractivity contribution in [1.29, 1.82) is 0 Å². The maximum absolute atomic E-state index is 12.4. The van der Waals surface area contributed by atoms with Gasteiger partial charge in [-0.25, -0.2) is 4.98 Å². The molecule has 0 unspecified atom stereocenters. The molecule has 0 N–H and O–H groups in total. The Balaban J connectivity index is 2.14. The monoisotopic (exact) mass is 344 g/mol. The lowest BCUT2D eigenvalue weighted by molar-refractivity contribution is 0.0763. The third-order valence-corrected chi connectivity index (χ3v) is 3.90. The van der Waals surface area contributed by atoms with Crippen LogP contribution in [0.4, 0.5) is 0 Å². The van der Waals surface area contributed by atoms with Crippen molar-refractivity contribution >= 4 is 33.4 Å². The lowest BCUT2D eigenvalue weighted by atomic mass is 10.1. The van der Waals surface area contributed by atoms with Crippen LogP contribution in [0.5, 0.6) is 0 Å². The van der Waals surface area contributed by atoms with Gasteiger partial charge in [-0.15, -0.1) is 0 Å². The van der Waals surface area contributed by atoms with Crippen molar-refractivity contribution in [2.45, 2.75) is 6.42 Å². The standard InChI is InChI=1S/C13H14BrClN2O2/c1-19-8-9-3-6-17(7-4-9)13(18)11-10(15)2-5-16-12(11)14/h2-3,5H,4,6-8H2,1H3. The number of hydrogen-bond acceptors (Lipinski definition) is 3. The topological polar surface area (TPSA) is 42.4 Å². The quantitative estimate of drug-likeness (QED) is 0.625. The van der Waals surface area contributed by atoms with Crippen LogP contribution in [0.3, 0.4) is 0 Å². The number of halogens is 2. The molecule has 0 aliphatic carbocycles. The second-order valence-electron chi connectivity index (χ2n) is 4.26. The van der Waals surface area contributed by atoms with Crippen LogP contribution in [0.2, 0.25) is 5.02 Å². The molecule has 0 radical (unpaired) electrons. The summed E-state index contributed by atoms with van der Waals surface area (Å²) in [5, 5.41) is 0.415. The molecule has 4 nitrogen and oxygen atoms in total. The number of hydrogen-bond donors (Lipinski definition) is 0. The lowest BCUT2D eigenvalue weighted by Crippen LogP contribution is -2.35. The normalized spacial score (nSPS) is 15.3. The number of amides is 1. The van der Waals surface area contributed by atoms with Gasteiger partial charge in [0.2, 0.25) is 0 Å². The molecule has 102 valence electrons. The predicted molar refractivity (Wildman–Crippen MR) is 77.4 cm³/mol. The molecule has 0 atom stereocenters. The molecule has 0 aromatic carbocycles. The van der Waals surface area contributed by atoms with Gasteiger partial charge in [-0.2, -0.15) is 0 Å². The first-order chi connectivity index (χ1) is 9.13. The van der Waals surface area contributed by atoms with Crippen LogP contribution < -0.4 is 0 Å². The molecule has 0 spiro atoms. The van der Waals surface area contributed by atoms with Crippen LogP contribution in [0, 0.1) is 0 Å². The van der Waals surface area contributed by atoms with Crippen molar-refractivity contribution < 1.29 is 9.53 Å². The van der Waals surface area contributed by atoms with E-state index in [0.29, 0.717) is 34.9 Å². The van der Waals surface area contributed by atoms with E-state index >= 15 is 0 Å². The van der Waals surface area contributed by atoms with Crippen LogP contribution in [0.1, 0.15) is 16.8 Å². The fraction of sp³-hybridized carbons (Fsp3) is 0.385. The molecule has 6 heteroatoms. The fourth-order valence-electron chi connectivity index (χ4n) is 1.98. The Bertz CT molecular complexity index is 499. The maximum Gasteiger partial charge on any atom is 0.258 e. The molecule has 1 aromatic heterocycles. The molecular formula is C13H14BrClN2O2. The van der Waals surface area contributed by atoms with E-state index in [1.165, 1.54) is 5.57 Å². The van der Waals surface area contributed by atoms with Gasteiger partial charge >= 0.3 is 0 Å². The molecule has 1 aliphatic heterocycles. The number of pyridine rings is 1. The van der Waals surface area contributed by atoms with Gasteiger partial charge in [0.1, 0.15) is 4.60 Å². The van der Waals surface area contributed by atoms with E-state index in [2.05, 4.69) is 20.9 Å². The van der Waals surface area contributed by atoms with Gasteiger partial charge in [-0.3, -0.25) is 4.79 Å². The van der Waals surface area contributed by atoms with Crippen LogP contribution >= 0.6 is 27.5 Å². The average molecular weight is 346 g/mol. The first kappa shape index (κ1) is 14.5. The van der Waals surface area contributed by atoms with E-state index in [1.807, 2.05) is 6.08 Å². The third-order valence-electron chi connectivity index (χ3n) is 2.99. The highest BCUT2D eigenvalue weighted by Gasteiger charge is 2.23. The van der Waals surface area contributed by atoms with Crippen LogP contribution in [0.25, 0.3) is 0 Å². The minimum absolute atomic E-state index is 0.0994. The highest BCUT2D eigenvalue weighted by atomic mass is 79.9. The van der Waals surface area contributed by atoms with Gasteiger partial charge in [0.15, 0.2) is 0 Å². The second kappa shape index (κ2) is 6.50. The number of carbonyl (C=O) groups is 1. The van der Waals surface area contributed by atoms with E-state index in [1.54, 1.807) is 24.3 Å². The zero-order valence-electron chi connectivity index (χ0n) is 10.5. The summed E-state index contributed by atoms with van der Waals surface area (Å²) in [6.07, 6.45) is 4.42. The predicted octanol–water partition coefficient (Wildman–Crippen LogP) is 2.92. The van der Waals surface area contributed by atoms with Gasteiger partial charge in [0.25, 0.3) is 5.91 Å². The average Bonchev–Trinajstić information content (AvgIpc) is 2.39. The van der Waals surface area contributed by atoms with Gasteiger partial charge in [0, 0.05) is 26.4 Å². The minimum Gasteiger partial charge on any atom is -0.380 e.